The lowest BCUT2D eigenvalue weighted by Crippen LogP contribution is -2.32. The SMILES string of the molecule is O=C(c1ccc(F)cc1O)N(Cc1cccs1)C1CC1. The number of rotatable bonds is 4. The molecule has 0 saturated heterocycles. The van der Waals surface area contributed by atoms with Gasteiger partial charge in [-0.25, -0.2) is 4.39 Å². The number of phenolic OH excluding ortho intramolecular Hbond substituents is 1. The molecule has 1 amide bonds. The highest BCUT2D eigenvalue weighted by Gasteiger charge is 2.34. The number of benzene rings is 1. The van der Waals surface area contributed by atoms with Crippen LogP contribution in [-0.4, -0.2) is 22.0 Å². The van der Waals surface area contributed by atoms with Crippen LogP contribution < -0.4 is 0 Å². The Morgan fingerprint density at radius 1 is 1.40 bits per heavy atom. The quantitative estimate of drug-likeness (QED) is 0.938. The number of halogens is 1. The van der Waals surface area contributed by atoms with E-state index in [9.17, 15) is 14.3 Å². The summed E-state index contributed by atoms with van der Waals surface area (Å²) in [5.41, 5.74) is 0.162. The van der Waals surface area contributed by atoms with E-state index in [0.29, 0.717) is 6.54 Å². The first-order chi connectivity index (χ1) is 9.65. The molecule has 1 saturated carbocycles. The highest BCUT2D eigenvalue weighted by Crippen LogP contribution is 2.32. The Hall–Kier alpha value is -1.88. The van der Waals surface area contributed by atoms with Gasteiger partial charge in [-0.1, -0.05) is 6.07 Å². The van der Waals surface area contributed by atoms with Gasteiger partial charge in [-0.15, -0.1) is 11.3 Å². The average molecular weight is 291 g/mol. The Labute approximate surface area is 120 Å². The summed E-state index contributed by atoms with van der Waals surface area (Å²) >= 11 is 1.60. The second-order valence-electron chi connectivity index (χ2n) is 4.91. The number of thiophene rings is 1. The van der Waals surface area contributed by atoms with Crippen molar-refractivity contribution in [2.45, 2.75) is 25.4 Å². The normalized spacial score (nSPS) is 14.2. The van der Waals surface area contributed by atoms with Crippen LogP contribution in [0.15, 0.2) is 35.7 Å². The van der Waals surface area contributed by atoms with Crippen LogP contribution in [0, 0.1) is 5.82 Å². The number of nitrogens with zero attached hydrogens (tertiary/aromatic N) is 1. The lowest BCUT2D eigenvalue weighted by atomic mass is 10.1. The molecular weight excluding hydrogens is 277 g/mol. The van der Waals surface area contributed by atoms with Gasteiger partial charge in [-0.3, -0.25) is 4.79 Å². The largest absolute Gasteiger partial charge is 0.507 e. The van der Waals surface area contributed by atoms with Crippen LogP contribution in [0.1, 0.15) is 28.1 Å². The number of amides is 1. The van der Waals surface area contributed by atoms with Gasteiger partial charge < -0.3 is 10.0 Å². The second-order valence-corrected chi connectivity index (χ2v) is 5.94. The fourth-order valence-electron chi connectivity index (χ4n) is 2.16. The number of phenols is 1. The van der Waals surface area contributed by atoms with Gasteiger partial charge in [0.2, 0.25) is 0 Å². The second kappa shape index (κ2) is 5.25. The zero-order valence-corrected chi connectivity index (χ0v) is 11.6. The minimum Gasteiger partial charge on any atom is -0.507 e. The van der Waals surface area contributed by atoms with Crippen LogP contribution in [0.2, 0.25) is 0 Å². The summed E-state index contributed by atoms with van der Waals surface area (Å²) in [6.07, 6.45) is 1.97. The minimum atomic E-state index is -0.546. The van der Waals surface area contributed by atoms with Crippen molar-refractivity contribution >= 4 is 17.2 Å². The predicted molar refractivity (Wildman–Crippen MR) is 75.3 cm³/mol. The van der Waals surface area contributed by atoms with Crippen molar-refractivity contribution in [3.8, 4) is 5.75 Å². The summed E-state index contributed by atoms with van der Waals surface area (Å²) in [6.45, 7) is 0.540. The number of carbonyl (C=O) groups is 1. The van der Waals surface area contributed by atoms with Crippen molar-refractivity contribution in [3.05, 3.63) is 52.0 Å². The lowest BCUT2D eigenvalue weighted by Gasteiger charge is -2.22. The van der Waals surface area contributed by atoms with Crippen molar-refractivity contribution < 1.29 is 14.3 Å². The fourth-order valence-corrected chi connectivity index (χ4v) is 2.87. The molecule has 1 heterocycles. The van der Waals surface area contributed by atoms with E-state index in [0.717, 1.165) is 23.8 Å². The van der Waals surface area contributed by atoms with Gasteiger partial charge >= 0.3 is 0 Å². The maximum atomic E-state index is 13.0. The molecule has 1 fully saturated rings. The Morgan fingerprint density at radius 2 is 2.20 bits per heavy atom. The fraction of sp³-hybridized carbons (Fsp3) is 0.267. The zero-order chi connectivity index (χ0) is 14.1. The van der Waals surface area contributed by atoms with Gasteiger partial charge in [0.05, 0.1) is 12.1 Å². The molecule has 0 aliphatic heterocycles. The van der Waals surface area contributed by atoms with E-state index < -0.39 is 5.82 Å². The maximum Gasteiger partial charge on any atom is 0.258 e. The topological polar surface area (TPSA) is 40.5 Å². The van der Waals surface area contributed by atoms with Crippen LogP contribution in [0.25, 0.3) is 0 Å². The summed E-state index contributed by atoms with van der Waals surface area (Å²) in [6, 6.07) is 7.68. The predicted octanol–water partition coefficient (Wildman–Crippen LogP) is 3.40. The molecule has 0 bridgehead atoms. The summed E-state index contributed by atoms with van der Waals surface area (Å²) in [5.74, 6) is -1.08. The third-order valence-electron chi connectivity index (χ3n) is 3.34. The highest BCUT2D eigenvalue weighted by molar-refractivity contribution is 7.09. The molecule has 1 N–H and O–H groups in total. The molecule has 5 heteroatoms. The average Bonchev–Trinajstić information content (AvgIpc) is 3.12. The molecular formula is C15H14FNO2S. The lowest BCUT2D eigenvalue weighted by molar-refractivity contribution is 0.0728. The number of aromatic hydroxyl groups is 1. The number of hydrogen-bond acceptors (Lipinski definition) is 3. The summed E-state index contributed by atoms with van der Waals surface area (Å²) < 4.78 is 13.0. The summed E-state index contributed by atoms with van der Waals surface area (Å²) in [5, 5.41) is 11.7. The molecule has 0 spiro atoms. The van der Waals surface area contributed by atoms with E-state index in [1.807, 2.05) is 17.5 Å². The van der Waals surface area contributed by atoms with Gasteiger partial charge in [-0.05, 0) is 36.4 Å². The van der Waals surface area contributed by atoms with E-state index in [1.54, 1.807) is 16.2 Å². The molecule has 0 unspecified atom stereocenters. The Morgan fingerprint density at radius 3 is 2.80 bits per heavy atom. The third-order valence-corrected chi connectivity index (χ3v) is 4.21. The number of hydrogen-bond donors (Lipinski definition) is 1. The Bertz CT molecular complexity index is 623. The standard InChI is InChI=1S/C15H14FNO2S/c16-10-3-6-13(14(18)8-10)15(19)17(11-4-5-11)9-12-2-1-7-20-12/h1-3,6-8,11,18H,4-5,9H2. The third kappa shape index (κ3) is 2.67. The summed E-state index contributed by atoms with van der Waals surface area (Å²) in [7, 11) is 0. The van der Waals surface area contributed by atoms with E-state index in [4.69, 9.17) is 0 Å². The highest BCUT2D eigenvalue weighted by atomic mass is 32.1. The van der Waals surface area contributed by atoms with E-state index in [2.05, 4.69) is 0 Å². The van der Waals surface area contributed by atoms with Gasteiger partial charge in [0.15, 0.2) is 0 Å². The van der Waals surface area contributed by atoms with Crippen molar-refractivity contribution in [1.82, 2.24) is 4.90 Å². The molecule has 104 valence electrons. The molecule has 0 atom stereocenters. The molecule has 1 aromatic carbocycles. The minimum absolute atomic E-state index is 0.162. The van der Waals surface area contributed by atoms with E-state index in [-0.39, 0.29) is 23.3 Å². The van der Waals surface area contributed by atoms with Crippen LogP contribution in [-0.2, 0) is 6.54 Å². The van der Waals surface area contributed by atoms with Gasteiger partial charge in [0, 0.05) is 17.0 Å². The van der Waals surface area contributed by atoms with Gasteiger partial charge in [0.1, 0.15) is 11.6 Å². The van der Waals surface area contributed by atoms with Crippen LogP contribution >= 0.6 is 11.3 Å². The first-order valence-electron chi connectivity index (χ1n) is 6.47. The van der Waals surface area contributed by atoms with Crippen molar-refractivity contribution in [3.63, 3.8) is 0 Å². The number of carbonyl (C=O) groups excluding carboxylic acids is 1. The van der Waals surface area contributed by atoms with Crippen molar-refractivity contribution in [2.24, 2.45) is 0 Å². The zero-order valence-electron chi connectivity index (χ0n) is 10.8. The maximum absolute atomic E-state index is 13.0. The molecule has 20 heavy (non-hydrogen) atoms. The molecule has 3 nitrogen and oxygen atoms in total. The van der Waals surface area contributed by atoms with Crippen LogP contribution in [0.3, 0.4) is 0 Å². The summed E-state index contributed by atoms with van der Waals surface area (Å²) in [4.78, 5) is 15.4. The molecule has 3 rings (SSSR count). The molecule has 1 aromatic heterocycles. The van der Waals surface area contributed by atoms with Crippen molar-refractivity contribution in [1.29, 1.82) is 0 Å². The molecule has 1 aliphatic rings. The van der Waals surface area contributed by atoms with Crippen LogP contribution in [0.4, 0.5) is 4.39 Å². The van der Waals surface area contributed by atoms with E-state index >= 15 is 0 Å². The first kappa shape index (κ1) is 13.1. The molecule has 1 aliphatic carbocycles. The van der Waals surface area contributed by atoms with Gasteiger partial charge in [0.25, 0.3) is 5.91 Å². The van der Waals surface area contributed by atoms with Crippen LogP contribution in [0.5, 0.6) is 5.75 Å². The van der Waals surface area contributed by atoms with E-state index in [1.165, 1.54) is 12.1 Å². The van der Waals surface area contributed by atoms with Crippen molar-refractivity contribution in [2.75, 3.05) is 0 Å². The molecule has 2 aromatic rings. The monoisotopic (exact) mass is 291 g/mol. The Balaban J connectivity index is 1.85. The first-order valence-corrected chi connectivity index (χ1v) is 7.35. The molecule has 0 radical (unpaired) electrons. The van der Waals surface area contributed by atoms with Gasteiger partial charge in [-0.2, -0.15) is 0 Å². The smallest absolute Gasteiger partial charge is 0.258 e. The Kier molecular flexibility index (Phi) is 3.44.